The molecule has 3 nitrogen and oxygen atoms in total. The van der Waals surface area contributed by atoms with Crippen LogP contribution in [0.15, 0.2) is 121 Å². The van der Waals surface area contributed by atoms with Crippen molar-refractivity contribution in [2.75, 3.05) is 5.32 Å². The highest BCUT2D eigenvalue weighted by Gasteiger charge is 2.42. The fraction of sp³-hybridized carbons (Fsp3) is 0.0968. The molecule has 0 aliphatic rings. The van der Waals surface area contributed by atoms with Crippen LogP contribution in [-0.4, -0.2) is 10.9 Å². The molecule has 1 N–H and O–H groups in total. The molecule has 0 unspecified atom stereocenters. The average Bonchev–Trinajstić information content (AvgIpc) is 2.88. The van der Waals surface area contributed by atoms with Crippen LogP contribution in [0.1, 0.15) is 22.3 Å². The van der Waals surface area contributed by atoms with E-state index in [1.807, 2.05) is 91.0 Å². The van der Waals surface area contributed by atoms with Gasteiger partial charge in [-0.05, 0) is 42.2 Å². The summed E-state index contributed by atoms with van der Waals surface area (Å²) in [6.45, 7) is 2.08. The first kappa shape index (κ1) is 21.6. The van der Waals surface area contributed by atoms with Crippen molar-refractivity contribution < 1.29 is 4.79 Å². The Kier molecular flexibility index (Phi) is 5.92. The minimum absolute atomic E-state index is 0.0791. The first-order chi connectivity index (χ1) is 16.7. The van der Waals surface area contributed by atoms with E-state index in [-0.39, 0.29) is 5.91 Å². The Morgan fingerprint density at radius 2 is 1.41 bits per heavy atom. The molecule has 0 aliphatic carbocycles. The molecule has 5 rings (SSSR count). The zero-order valence-corrected chi connectivity index (χ0v) is 19.1. The van der Waals surface area contributed by atoms with Crippen molar-refractivity contribution >= 4 is 22.5 Å². The molecule has 0 bridgehead atoms. The fourth-order valence-corrected chi connectivity index (χ4v) is 4.72. The quantitative estimate of drug-likeness (QED) is 0.317. The van der Waals surface area contributed by atoms with Crippen LogP contribution in [0.5, 0.6) is 0 Å². The van der Waals surface area contributed by atoms with Crippen LogP contribution in [-0.2, 0) is 16.6 Å². The molecule has 0 atom stereocenters. The van der Waals surface area contributed by atoms with E-state index in [0.29, 0.717) is 12.1 Å². The number of nitrogens with one attached hydrogen (secondary N) is 1. The standard InChI is InChI=1S/C31H26N2O/c1-23-11-8-12-24(21-23)22-31(26-15-4-2-5-16-26,27-17-6-3-7-18-27)30(34)33-28-19-9-13-25-14-10-20-32-29(25)28/h2-21H,22H2,1H3,(H,33,34). The van der Waals surface area contributed by atoms with E-state index in [2.05, 4.69) is 41.5 Å². The lowest BCUT2D eigenvalue weighted by Crippen LogP contribution is -2.43. The Morgan fingerprint density at radius 1 is 0.765 bits per heavy atom. The van der Waals surface area contributed by atoms with Crippen molar-refractivity contribution in [1.29, 1.82) is 0 Å². The highest BCUT2D eigenvalue weighted by molar-refractivity contribution is 6.06. The first-order valence-electron chi connectivity index (χ1n) is 11.5. The highest BCUT2D eigenvalue weighted by Crippen LogP contribution is 2.38. The third-order valence-corrected chi connectivity index (χ3v) is 6.35. The number of aryl methyl sites for hydroxylation is 1. The molecule has 0 saturated heterocycles. The van der Waals surface area contributed by atoms with Gasteiger partial charge in [-0.25, -0.2) is 0 Å². The number of fused-ring (bicyclic) bond motifs is 1. The second kappa shape index (κ2) is 9.32. The number of carbonyl (C=O) groups is 1. The maximum absolute atomic E-state index is 14.4. The summed E-state index contributed by atoms with van der Waals surface area (Å²) in [6.07, 6.45) is 2.29. The van der Waals surface area contributed by atoms with Gasteiger partial charge in [0.15, 0.2) is 0 Å². The summed E-state index contributed by atoms with van der Waals surface area (Å²) in [4.78, 5) is 19.0. The molecule has 3 heteroatoms. The third-order valence-electron chi connectivity index (χ3n) is 6.35. The lowest BCUT2D eigenvalue weighted by molar-refractivity contribution is -0.120. The van der Waals surface area contributed by atoms with Gasteiger partial charge in [-0.1, -0.05) is 109 Å². The first-order valence-corrected chi connectivity index (χ1v) is 11.5. The second-order valence-electron chi connectivity index (χ2n) is 8.64. The molecular weight excluding hydrogens is 416 g/mol. The van der Waals surface area contributed by atoms with Crippen LogP contribution in [0.25, 0.3) is 10.9 Å². The number of amides is 1. The Balaban J connectivity index is 1.70. The maximum atomic E-state index is 14.4. The Hall–Kier alpha value is -4.24. The number of pyridine rings is 1. The van der Waals surface area contributed by atoms with Gasteiger partial charge in [0, 0.05) is 11.6 Å². The minimum Gasteiger partial charge on any atom is -0.323 e. The topological polar surface area (TPSA) is 42.0 Å². The van der Waals surface area contributed by atoms with Crippen LogP contribution in [0.3, 0.4) is 0 Å². The summed E-state index contributed by atoms with van der Waals surface area (Å²) in [6, 6.07) is 38.3. The van der Waals surface area contributed by atoms with Gasteiger partial charge in [-0.3, -0.25) is 9.78 Å². The average molecular weight is 443 g/mol. The summed E-state index contributed by atoms with van der Waals surface area (Å²) in [5.41, 5.74) is 4.76. The van der Waals surface area contributed by atoms with Crippen molar-refractivity contribution in [3.8, 4) is 0 Å². The zero-order chi connectivity index (χ0) is 23.4. The van der Waals surface area contributed by atoms with Gasteiger partial charge in [0.25, 0.3) is 0 Å². The summed E-state index contributed by atoms with van der Waals surface area (Å²) < 4.78 is 0. The lowest BCUT2D eigenvalue weighted by Gasteiger charge is -2.34. The van der Waals surface area contributed by atoms with Gasteiger partial charge in [0.2, 0.25) is 5.91 Å². The SMILES string of the molecule is Cc1cccc(CC(C(=O)Nc2cccc3cccnc23)(c2ccccc2)c2ccccc2)c1. The number of aromatic nitrogens is 1. The molecule has 0 fully saturated rings. The highest BCUT2D eigenvalue weighted by atomic mass is 16.2. The molecule has 1 amide bonds. The number of anilines is 1. The number of carbonyl (C=O) groups excluding carboxylic acids is 1. The predicted molar refractivity (Wildman–Crippen MR) is 139 cm³/mol. The number of hydrogen-bond acceptors (Lipinski definition) is 2. The maximum Gasteiger partial charge on any atom is 0.239 e. The predicted octanol–water partition coefficient (Wildman–Crippen LogP) is 6.71. The van der Waals surface area contributed by atoms with Gasteiger partial charge in [-0.2, -0.15) is 0 Å². The third kappa shape index (κ3) is 4.08. The fourth-order valence-electron chi connectivity index (χ4n) is 4.72. The number of rotatable bonds is 6. The van der Waals surface area contributed by atoms with E-state index in [9.17, 15) is 4.79 Å². The number of para-hydroxylation sites is 1. The van der Waals surface area contributed by atoms with Crippen LogP contribution in [0, 0.1) is 6.92 Å². The van der Waals surface area contributed by atoms with E-state index in [1.165, 1.54) is 5.56 Å². The van der Waals surface area contributed by atoms with Crippen LogP contribution >= 0.6 is 0 Å². The Morgan fingerprint density at radius 3 is 2.09 bits per heavy atom. The van der Waals surface area contributed by atoms with Crippen LogP contribution in [0.2, 0.25) is 0 Å². The monoisotopic (exact) mass is 442 g/mol. The summed E-state index contributed by atoms with van der Waals surface area (Å²) >= 11 is 0. The van der Waals surface area contributed by atoms with Gasteiger partial charge >= 0.3 is 0 Å². The van der Waals surface area contributed by atoms with E-state index >= 15 is 0 Å². The number of hydrogen-bond donors (Lipinski definition) is 1. The van der Waals surface area contributed by atoms with Crippen molar-refractivity contribution in [1.82, 2.24) is 4.98 Å². The Labute approximate surface area is 200 Å². The normalized spacial score (nSPS) is 11.3. The summed E-state index contributed by atoms with van der Waals surface area (Å²) in [5.74, 6) is -0.0791. The van der Waals surface area contributed by atoms with Crippen LogP contribution in [0.4, 0.5) is 5.69 Å². The zero-order valence-electron chi connectivity index (χ0n) is 19.1. The number of nitrogens with zero attached hydrogens (tertiary/aromatic N) is 1. The molecule has 5 aromatic rings. The molecule has 0 aliphatic heterocycles. The lowest BCUT2D eigenvalue weighted by atomic mass is 9.69. The van der Waals surface area contributed by atoms with E-state index < -0.39 is 5.41 Å². The Bertz CT molecular complexity index is 1380. The van der Waals surface area contributed by atoms with Gasteiger partial charge in [0.05, 0.1) is 11.2 Å². The summed E-state index contributed by atoms with van der Waals surface area (Å²) in [7, 11) is 0. The van der Waals surface area contributed by atoms with E-state index in [1.54, 1.807) is 6.20 Å². The van der Waals surface area contributed by atoms with E-state index in [0.717, 1.165) is 27.6 Å². The smallest absolute Gasteiger partial charge is 0.239 e. The van der Waals surface area contributed by atoms with Crippen molar-refractivity contribution in [2.45, 2.75) is 18.8 Å². The molecule has 0 radical (unpaired) electrons. The molecule has 0 spiro atoms. The summed E-state index contributed by atoms with van der Waals surface area (Å²) in [5, 5.41) is 4.25. The number of benzene rings is 4. The van der Waals surface area contributed by atoms with Gasteiger partial charge in [0.1, 0.15) is 5.41 Å². The van der Waals surface area contributed by atoms with Gasteiger partial charge < -0.3 is 5.32 Å². The largest absolute Gasteiger partial charge is 0.323 e. The van der Waals surface area contributed by atoms with Crippen molar-refractivity contribution in [3.63, 3.8) is 0 Å². The van der Waals surface area contributed by atoms with Gasteiger partial charge in [-0.15, -0.1) is 0 Å². The molecule has 166 valence electrons. The second-order valence-corrected chi connectivity index (χ2v) is 8.64. The van der Waals surface area contributed by atoms with Crippen molar-refractivity contribution in [2.24, 2.45) is 0 Å². The van der Waals surface area contributed by atoms with E-state index in [4.69, 9.17) is 0 Å². The molecule has 34 heavy (non-hydrogen) atoms. The van der Waals surface area contributed by atoms with Crippen LogP contribution < -0.4 is 5.32 Å². The molecule has 1 heterocycles. The molecule has 1 aromatic heterocycles. The van der Waals surface area contributed by atoms with Crippen molar-refractivity contribution in [3.05, 3.63) is 144 Å². The molecular formula is C31H26N2O. The minimum atomic E-state index is -0.923. The molecule has 4 aromatic carbocycles. The molecule has 0 saturated carbocycles.